The molecule has 0 atom stereocenters. The second kappa shape index (κ2) is 3.70. The first-order chi connectivity index (χ1) is 6.42. The number of aromatic nitrogens is 1. The molecule has 1 aromatic heterocycles. The Bertz CT molecular complexity index is 354. The van der Waals surface area contributed by atoms with Gasteiger partial charge in [-0.1, -0.05) is 20.8 Å². The van der Waals surface area contributed by atoms with Crippen LogP contribution in [0.5, 0.6) is 0 Å². The van der Waals surface area contributed by atoms with Crippen molar-refractivity contribution in [3.63, 3.8) is 0 Å². The predicted octanol–water partition coefficient (Wildman–Crippen LogP) is 2.11. The van der Waals surface area contributed by atoms with Crippen LogP contribution in [-0.4, -0.2) is 4.98 Å². The molecule has 1 heterocycles. The third-order valence-electron chi connectivity index (χ3n) is 1.89. The molecule has 0 unspecified atom stereocenters. The normalized spacial score (nSPS) is 11.3. The van der Waals surface area contributed by atoms with Gasteiger partial charge in [0.2, 0.25) is 11.6 Å². The number of hydrogen-bond donors (Lipinski definition) is 1. The van der Waals surface area contributed by atoms with E-state index in [0.29, 0.717) is 5.89 Å². The monoisotopic (exact) mass is 193 g/mol. The van der Waals surface area contributed by atoms with Gasteiger partial charge < -0.3 is 10.2 Å². The number of nitrogen functional groups attached to an aromatic ring is 1. The fourth-order valence-electron chi connectivity index (χ4n) is 1.05. The molecule has 0 bridgehead atoms. The van der Waals surface area contributed by atoms with Crippen molar-refractivity contribution < 1.29 is 4.42 Å². The molecule has 0 radical (unpaired) electrons. The molecule has 0 saturated carbocycles. The molecule has 1 aromatic rings. The fraction of sp³-hybridized carbons (Fsp3) is 0.600. The van der Waals surface area contributed by atoms with Gasteiger partial charge in [0.1, 0.15) is 6.07 Å². The standard InChI is InChI=1S/C10H15N3O/c1-10(2,3)5-4-8-13-7(6-11)9(12)14-8/h4-5,12H2,1-3H3. The first kappa shape index (κ1) is 10.6. The van der Waals surface area contributed by atoms with Crippen molar-refractivity contribution in [1.82, 2.24) is 4.98 Å². The molecule has 0 saturated heterocycles. The fourth-order valence-corrected chi connectivity index (χ4v) is 1.05. The third kappa shape index (κ3) is 2.77. The summed E-state index contributed by atoms with van der Waals surface area (Å²) >= 11 is 0. The van der Waals surface area contributed by atoms with Crippen molar-refractivity contribution in [2.45, 2.75) is 33.6 Å². The lowest BCUT2D eigenvalue weighted by molar-refractivity contribution is 0.356. The largest absolute Gasteiger partial charge is 0.424 e. The molecule has 0 aliphatic rings. The second-order valence-corrected chi connectivity index (χ2v) is 4.49. The SMILES string of the molecule is CC(C)(C)CCc1nc(C#N)c(N)o1. The lowest BCUT2D eigenvalue weighted by Crippen LogP contribution is -2.06. The molecular weight excluding hydrogens is 178 g/mol. The highest BCUT2D eigenvalue weighted by molar-refractivity contribution is 5.40. The van der Waals surface area contributed by atoms with Crippen LogP contribution in [0.4, 0.5) is 5.88 Å². The van der Waals surface area contributed by atoms with Gasteiger partial charge in [-0.05, 0) is 11.8 Å². The van der Waals surface area contributed by atoms with Crippen LogP contribution in [-0.2, 0) is 6.42 Å². The summed E-state index contributed by atoms with van der Waals surface area (Å²) in [4.78, 5) is 3.98. The maximum absolute atomic E-state index is 8.61. The molecule has 76 valence electrons. The van der Waals surface area contributed by atoms with Crippen molar-refractivity contribution in [2.24, 2.45) is 5.41 Å². The predicted molar refractivity (Wildman–Crippen MR) is 53.4 cm³/mol. The molecule has 2 N–H and O–H groups in total. The van der Waals surface area contributed by atoms with Gasteiger partial charge in [-0.2, -0.15) is 5.26 Å². The molecule has 0 spiro atoms. The van der Waals surface area contributed by atoms with Crippen LogP contribution in [0.3, 0.4) is 0 Å². The molecule has 14 heavy (non-hydrogen) atoms. The minimum Gasteiger partial charge on any atom is -0.424 e. The van der Waals surface area contributed by atoms with Gasteiger partial charge in [0.05, 0.1) is 0 Å². The van der Waals surface area contributed by atoms with Crippen LogP contribution in [0, 0.1) is 16.7 Å². The first-order valence-corrected chi connectivity index (χ1v) is 4.57. The molecule has 4 heteroatoms. The first-order valence-electron chi connectivity index (χ1n) is 4.57. The lowest BCUT2D eigenvalue weighted by Gasteiger charge is -2.15. The van der Waals surface area contributed by atoms with Gasteiger partial charge in [0.15, 0.2) is 5.89 Å². The number of anilines is 1. The number of nitrogens with two attached hydrogens (primary N) is 1. The number of nitriles is 1. The molecule has 4 nitrogen and oxygen atoms in total. The zero-order chi connectivity index (χ0) is 10.8. The van der Waals surface area contributed by atoms with Gasteiger partial charge in [-0.15, -0.1) is 0 Å². The molecule has 0 aliphatic heterocycles. The average Bonchev–Trinajstić information content (AvgIpc) is 2.42. The summed E-state index contributed by atoms with van der Waals surface area (Å²) in [6.07, 6.45) is 1.67. The van der Waals surface area contributed by atoms with E-state index in [-0.39, 0.29) is 17.0 Å². The highest BCUT2D eigenvalue weighted by atomic mass is 16.4. The van der Waals surface area contributed by atoms with Crippen LogP contribution < -0.4 is 5.73 Å². The summed E-state index contributed by atoms with van der Waals surface area (Å²) in [5.41, 5.74) is 5.86. The Hall–Kier alpha value is -1.50. The molecule has 0 aromatic carbocycles. The average molecular weight is 193 g/mol. The maximum atomic E-state index is 8.61. The minimum absolute atomic E-state index is 0.122. The zero-order valence-corrected chi connectivity index (χ0v) is 8.79. The Kier molecular flexibility index (Phi) is 2.80. The highest BCUT2D eigenvalue weighted by Crippen LogP contribution is 2.22. The van der Waals surface area contributed by atoms with Crippen LogP contribution in [0.1, 0.15) is 38.8 Å². The molecule has 0 fully saturated rings. The van der Waals surface area contributed by atoms with E-state index in [1.54, 1.807) is 0 Å². The van der Waals surface area contributed by atoms with Crippen molar-refractivity contribution in [2.75, 3.05) is 5.73 Å². The lowest BCUT2D eigenvalue weighted by atomic mass is 9.91. The van der Waals surface area contributed by atoms with Gasteiger partial charge in [0.25, 0.3) is 0 Å². The van der Waals surface area contributed by atoms with Crippen molar-refractivity contribution in [3.05, 3.63) is 11.6 Å². The Morgan fingerprint density at radius 1 is 1.50 bits per heavy atom. The zero-order valence-electron chi connectivity index (χ0n) is 8.79. The van der Waals surface area contributed by atoms with E-state index in [0.717, 1.165) is 12.8 Å². The van der Waals surface area contributed by atoms with E-state index in [9.17, 15) is 0 Å². The van der Waals surface area contributed by atoms with Gasteiger partial charge in [-0.25, -0.2) is 4.98 Å². The van der Waals surface area contributed by atoms with E-state index in [2.05, 4.69) is 25.8 Å². The minimum atomic E-state index is 0.122. The third-order valence-corrected chi connectivity index (χ3v) is 1.89. The highest BCUT2D eigenvalue weighted by Gasteiger charge is 2.14. The molecule has 0 amide bonds. The van der Waals surface area contributed by atoms with Crippen LogP contribution in [0.25, 0.3) is 0 Å². The summed E-state index contributed by atoms with van der Waals surface area (Å²) in [7, 11) is 0. The number of oxazole rings is 1. The summed E-state index contributed by atoms with van der Waals surface area (Å²) in [6.45, 7) is 6.43. The van der Waals surface area contributed by atoms with E-state index in [4.69, 9.17) is 15.4 Å². The van der Waals surface area contributed by atoms with Gasteiger partial charge >= 0.3 is 0 Å². The Morgan fingerprint density at radius 3 is 2.57 bits per heavy atom. The van der Waals surface area contributed by atoms with Crippen LogP contribution in [0.15, 0.2) is 4.42 Å². The number of hydrogen-bond acceptors (Lipinski definition) is 4. The van der Waals surface area contributed by atoms with E-state index in [1.165, 1.54) is 0 Å². The van der Waals surface area contributed by atoms with Crippen LogP contribution >= 0.6 is 0 Å². The molecule has 1 rings (SSSR count). The van der Waals surface area contributed by atoms with E-state index < -0.39 is 0 Å². The van der Waals surface area contributed by atoms with Crippen molar-refractivity contribution >= 4 is 5.88 Å². The Balaban J connectivity index is 2.66. The smallest absolute Gasteiger partial charge is 0.229 e. The number of rotatable bonds is 2. The quantitative estimate of drug-likeness (QED) is 0.780. The van der Waals surface area contributed by atoms with Crippen molar-refractivity contribution in [1.29, 1.82) is 5.26 Å². The van der Waals surface area contributed by atoms with Gasteiger partial charge in [0, 0.05) is 6.42 Å². The van der Waals surface area contributed by atoms with Crippen molar-refractivity contribution in [3.8, 4) is 6.07 Å². The molecule has 0 aliphatic carbocycles. The topological polar surface area (TPSA) is 75.8 Å². The maximum Gasteiger partial charge on any atom is 0.229 e. The van der Waals surface area contributed by atoms with Gasteiger partial charge in [-0.3, -0.25) is 0 Å². The Labute approximate surface area is 83.7 Å². The summed E-state index contributed by atoms with van der Waals surface area (Å²) in [5, 5.41) is 8.61. The van der Waals surface area contributed by atoms with Crippen LogP contribution in [0.2, 0.25) is 0 Å². The van der Waals surface area contributed by atoms with E-state index >= 15 is 0 Å². The van der Waals surface area contributed by atoms with E-state index in [1.807, 2.05) is 6.07 Å². The number of aryl methyl sites for hydroxylation is 1. The summed E-state index contributed by atoms with van der Waals surface area (Å²) in [5.74, 6) is 0.672. The molecular formula is C10H15N3O. The summed E-state index contributed by atoms with van der Waals surface area (Å²) < 4.78 is 5.15. The Morgan fingerprint density at radius 2 is 2.14 bits per heavy atom. The second-order valence-electron chi connectivity index (χ2n) is 4.49. The summed E-state index contributed by atoms with van der Waals surface area (Å²) in [6, 6.07) is 1.88. The number of nitrogens with zero attached hydrogens (tertiary/aromatic N) is 2.